The summed E-state index contributed by atoms with van der Waals surface area (Å²) in [4.78, 5) is 26.7. The number of rotatable bonds is 4. The van der Waals surface area contributed by atoms with E-state index in [4.69, 9.17) is 10.4 Å². The summed E-state index contributed by atoms with van der Waals surface area (Å²) in [5.41, 5.74) is -0.00939. The SMILES string of the molecule is Cc1nc(C(=O)NCC(C)(C)C(=O)O)ccc1C#N. The molecule has 6 heteroatoms. The lowest BCUT2D eigenvalue weighted by atomic mass is 9.94. The minimum atomic E-state index is -1.04. The van der Waals surface area contributed by atoms with Gasteiger partial charge in [-0.3, -0.25) is 9.59 Å². The predicted octanol–water partition coefficient (Wildman–Crippen LogP) is 1.10. The number of aliphatic carboxylic acids is 1. The number of nitrogens with zero attached hydrogens (tertiary/aromatic N) is 2. The Bertz CT molecular complexity index is 559. The third-order valence-electron chi connectivity index (χ3n) is 2.71. The van der Waals surface area contributed by atoms with Crippen LogP contribution in [0.2, 0.25) is 0 Å². The standard InChI is InChI=1S/C13H15N3O3/c1-8-9(6-14)4-5-10(16-8)11(17)15-7-13(2,3)12(18)19/h4-5H,7H2,1-3H3,(H,15,17)(H,18,19). The fourth-order valence-corrected chi connectivity index (χ4v) is 1.27. The molecule has 0 unspecified atom stereocenters. The van der Waals surface area contributed by atoms with Gasteiger partial charge in [0.2, 0.25) is 0 Å². The first-order valence-corrected chi connectivity index (χ1v) is 5.67. The van der Waals surface area contributed by atoms with Gasteiger partial charge in [-0.2, -0.15) is 5.26 Å². The molecule has 1 aromatic heterocycles. The molecule has 0 aliphatic rings. The molecule has 19 heavy (non-hydrogen) atoms. The van der Waals surface area contributed by atoms with Gasteiger partial charge in [-0.25, -0.2) is 4.98 Å². The van der Waals surface area contributed by atoms with Crippen LogP contribution >= 0.6 is 0 Å². The van der Waals surface area contributed by atoms with E-state index in [2.05, 4.69) is 10.3 Å². The van der Waals surface area contributed by atoms with Crippen molar-refractivity contribution < 1.29 is 14.7 Å². The molecule has 1 rings (SSSR count). The van der Waals surface area contributed by atoms with E-state index < -0.39 is 17.3 Å². The lowest BCUT2D eigenvalue weighted by molar-refractivity contribution is -0.146. The molecule has 6 nitrogen and oxygen atoms in total. The van der Waals surface area contributed by atoms with E-state index in [-0.39, 0.29) is 12.2 Å². The number of aryl methyl sites for hydroxylation is 1. The number of hydrogen-bond donors (Lipinski definition) is 2. The maximum Gasteiger partial charge on any atom is 0.310 e. The van der Waals surface area contributed by atoms with Crippen molar-refractivity contribution in [3.63, 3.8) is 0 Å². The van der Waals surface area contributed by atoms with Crippen LogP contribution in [0.5, 0.6) is 0 Å². The van der Waals surface area contributed by atoms with Crippen molar-refractivity contribution in [3.05, 3.63) is 29.1 Å². The molecule has 0 atom stereocenters. The largest absolute Gasteiger partial charge is 0.481 e. The van der Waals surface area contributed by atoms with E-state index in [1.54, 1.807) is 6.92 Å². The monoisotopic (exact) mass is 261 g/mol. The second-order valence-electron chi connectivity index (χ2n) is 4.81. The number of nitriles is 1. The van der Waals surface area contributed by atoms with E-state index in [1.165, 1.54) is 26.0 Å². The van der Waals surface area contributed by atoms with Crippen LogP contribution in [0.25, 0.3) is 0 Å². The Balaban J connectivity index is 2.78. The molecule has 0 saturated carbocycles. The van der Waals surface area contributed by atoms with Crippen LogP contribution in [0.4, 0.5) is 0 Å². The minimum Gasteiger partial charge on any atom is -0.481 e. The number of nitrogens with one attached hydrogen (secondary N) is 1. The van der Waals surface area contributed by atoms with Crippen LogP contribution in [0.1, 0.15) is 35.6 Å². The molecule has 0 aliphatic carbocycles. The van der Waals surface area contributed by atoms with Crippen molar-refractivity contribution in [1.29, 1.82) is 5.26 Å². The summed E-state index contributed by atoms with van der Waals surface area (Å²) in [6, 6.07) is 4.91. The molecule has 1 heterocycles. The van der Waals surface area contributed by atoms with E-state index in [0.717, 1.165) is 0 Å². The topological polar surface area (TPSA) is 103 Å². The molecule has 0 radical (unpaired) electrons. The summed E-state index contributed by atoms with van der Waals surface area (Å²) in [5.74, 6) is -1.45. The first kappa shape index (κ1) is 14.6. The van der Waals surface area contributed by atoms with Crippen molar-refractivity contribution in [2.24, 2.45) is 5.41 Å². The highest BCUT2D eigenvalue weighted by atomic mass is 16.4. The molecule has 0 spiro atoms. The van der Waals surface area contributed by atoms with Gasteiger partial charge in [0, 0.05) is 6.54 Å². The first-order valence-electron chi connectivity index (χ1n) is 5.67. The average molecular weight is 261 g/mol. The Morgan fingerprint density at radius 3 is 2.58 bits per heavy atom. The van der Waals surface area contributed by atoms with Crippen molar-refractivity contribution in [2.75, 3.05) is 6.54 Å². The van der Waals surface area contributed by atoms with Gasteiger partial charge in [0.25, 0.3) is 5.91 Å². The normalized spacial score (nSPS) is 10.6. The van der Waals surface area contributed by atoms with Crippen LogP contribution in [0, 0.1) is 23.7 Å². The number of pyridine rings is 1. The zero-order valence-corrected chi connectivity index (χ0v) is 11.0. The van der Waals surface area contributed by atoms with Gasteiger partial charge in [-0.15, -0.1) is 0 Å². The molecule has 0 fully saturated rings. The summed E-state index contributed by atoms with van der Waals surface area (Å²) in [6.45, 7) is 4.68. The third kappa shape index (κ3) is 3.52. The molecular weight excluding hydrogens is 246 g/mol. The smallest absolute Gasteiger partial charge is 0.310 e. The molecule has 100 valence electrons. The Morgan fingerprint density at radius 1 is 1.47 bits per heavy atom. The molecule has 1 aromatic rings. The van der Waals surface area contributed by atoms with Crippen molar-refractivity contribution in [1.82, 2.24) is 10.3 Å². The number of hydrogen-bond acceptors (Lipinski definition) is 4. The lowest BCUT2D eigenvalue weighted by Crippen LogP contribution is -2.39. The Labute approximate surface area is 111 Å². The van der Waals surface area contributed by atoms with Gasteiger partial charge in [-0.1, -0.05) is 0 Å². The van der Waals surface area contributed by atoms with Crippen LogP contribution in [-0.2, 0) is 4.79 Å². The van der Waals surface area contributed by atoms with Gasteiger partial charge in [0.05, 0.1) is 16.7 Å². The van der Waals surface area contributed by atoms with Crippen LogP contribution in [-0.4, -0.2) is 28.5 Å². The fourth-order valence-electron chi connectivity index (χ4n) is 1.27. The maximum absolute atomic E-state index is 11.8. The fraction of sp³-hybridized carbons (Fsp3) is 0.385. The second kappa shape index (κ2) is 5.48. The number of amides is 1. The molecule has 0 saturated heterocycles. The predicted molar refractivity (Wildman–Crippen MR) is 67.4 cm³/mol. The van der Waals surface area contributed by atoms with Crippen molar-refractivity contribution >= 4 is 11.9 Å². The molecule has 0 aliphatic heterocycles. The van der Waals surface area contributed by atoms with Crippen LogP contribution < -0.4 is 5.32 Å². The van der Waals surface area contributed by atoms with E-state index >= 15 is 0 Å². The number of carboxylic acids is 1. The Morgan fingerprint density at radius 2 is 2.11 bits per heavy atom. The van der Waals surface area contributed by atoms with Crippen LogP contribution in [0.3, 0.4) is 0 Å². The van der Waals surface area contributed by atoms with Crippen LogP contribution in [0.15, 0.2) is 12.1 Å². The summed E-state index contributed by atoms with van der Waals surface area (Å²) < 4.78 is 0. The van der Waals surface area contributed by atoms with E-state index in [1.807, 2.05) is 6.07 Å². The van der Waals surface area contributed by atoms with Crippen molar-refractivity contribution in [3.8, 4) is 6.07 Å². The lowest BCUT2D eigenvalue weighted by Gasteiger charge is -2.19. The van der Waals surface area contributed by atoms with Crippen molar-refractivity contribution in [2.45, 2.75) is 20.8 Å². The van der Waals surface area contributed by atoms with Gasteiger partial charge < -0.3 is 10.4 Å². The van der Waals surface area contributed by atoms with Gasteiger partial charge in [-0.05, 0) is 32.9 Å². The van der Waals surface area contributed by atoms with Gasteiger partial charge in [0.15, 0.2) is 0 Å². The molecule has 0 bridgehead atoms. The molecule has 2 N–H and O–H groups in total. The van der Waals surface area contributed by atoms with Gasteiger partial charge in [0.1, 0.15) is 11.8 Å². The highest BCUT2D eigenvalue weighted by Gasteiger charge is 2.27. The molecule has 0 aromatic carbocycles. The average Bonchev–Trinajstić information content (AvgIpc) is 2.35. The summed E-state index contributed by atoms with van der Waals surface area (Å²) in [7, 11) is 0. The maximum atomic E-state index is 11.8. The summed E-state index contributed by atoms with van der Waals surface area (Å²) in [6.07, 6.45) is 0. The highest BCUT2D eigenvalue weighted by molar-refractivity contribution is 5.92. The second-order valence-corrected chi connectivity index (χ2v) is 4.81. The zero-order chi connectivity index (χ0) is 14.6. The summed E-state index contributed by atoms with van der Waals surface area (Å²) >= 11 is 0. The Kier molecular flexibility index (Phi) is 4.22. The first-order chi connectivity index (χ1) is 8.77. The Hall–Kier alpha value is -2.42. The minimum absolute atomic E-state index is 0.00188. The number of carbonyl (C=O) groups excluding carboxylic acids is 1. The number of carbonyl (C=O) groups is 2. The quantitative estimate of drug-likeness (QED) is 0.844. The third-order valence-corrected chi connectivity index (χ3v) is 2.71. The van der Waals surface area contributed by atoms with E-state index in [9.17, 15) is 9.59 Å². The number of carboxylic acid groups (broad SMARTS) is 1. The highest BCUT2D eigenvalue weighted by Crippen LogP contribution is 2.13. The summed E-state index contributed by atoms with van der Waals surface area (Å²) in [5, 5.41) is 20.2. The van der Waals surface area contributed by atoms with E-state index in [0.29, 0.717) is 11.3 Å². The zero-order valence-electron chi connectivity index (χ0n) is 11.0. The number of aromatic nitrogens is 1. The molecular formula is C13H15N3O3. The van der Waals surface area contributed by atoms with Gasteiger partial charge >= 0.3 is 5.97 Å². The molecule has 1 amide bonds.